The van der Waals surface area contributed by atoms with Crippen LogP contribution < -0.4 is 5.32 Å². The summed E-state index contributed by atoms with van der Waals surface area (Å²) >= 11 is 0. The van der Waals surface area contributed by atoms with Crippen LogP contribution in [0.1, 0.15) is 25.7 Å². The molecular weight excluding hydrogens is 238 g/mol. The van der Waals surface area contributed by atoms with Crippen molar-refractivity contribution in [2.24, 2.45) is 5.92 Å². The van der Waals surface area contributed by atoms with E-state index in [1.807, 2.05) is 42.6 Å². The molecule has 1 saturated carbocycles. The van der Waals surface area contributed by atoms with Crippen molar-refractivity contribution in [1.29, 1.82) is 0 Å². The zero-order valence-electron chi connectivity index (χ0n) is 10.7. The minimum absolute atomic E-state index is 0.107. The molecule has 1 aromatic carbocycles. The second-order valence-electron chi connectivity index (χ2n) is 4.95. The summed E-state index contributed by atoms with van der Waals surface area (Å²) in [5.41, 5.74) is 0.990. The summed E-state index contributed by atoms with van der Waals surface area (Å²) < 4.78 is 1.77. The van der Waals surface area contributed by atoms with E-state index in [1.165, 1.54) is 0 Å². The van der Waals surface area contributed by atoms with Gasteiger partial charge in [0, 0.05) is 18.2 Å². The van der Waals surface area contributed by atoms with Gasteiger partial charge in [-0.25, -0.2) is 4.68 Å². The van der Waals surface area contributed by atoms with Crippen molar-refractivity contribution in [3.63, 3.8) is 0 Å². The predicted octanol–water partition coefficient (Wildman–Crippen LogP) is 3.00. The molecule has 4 nitrogen and oxygen atoms in total. The Morgan fingerprint density at radius 3 is 2.63 bits per heavy atom. The van der Waals surface area contributed by atoms with Crippen LogP contribution >= 0.6 is 0 Å². The van der Waals surface area contributed by atoms with Gasteiger partial charge in [0.05, 0.1) is 5.69 Å². The highest BCUT2D eigenvalue weighted by atomic mass is 16.2. The van der Waals surface area contributed by atoms with Gasteiger partial charge in [0.25, 0.3) is 0 Å². The van der Waals surface area contributed by atoms with Crippen LogP contribution in [-0.4, -0.2) is 15.7 Å². The van der Waals surface area contributed by atoms with Crippen LogP contribution in [0.5, 0.6) is 0 Å². The van der Waals surface area contributed by atoms with Gasteiger partial charge in [0.2, 0.25) is 5.91 Å². The Bertz CT molecular complexity index is 556. The van der Waals surface area contributed by atoms with Gasteiger partial charge in [-0.1, -0.05) is 31.0 Å². The molecule has 4 heteroatoms. The van der Waals surface area contributed by atoms with Crippen LogP contribution in [0.15, 0.2) is 42.6 Å². The summed E-state index contributed by atoms with van der Waals surface area (Å²) in [6.45, 7) is 0. The molecule has 0 atom stereocenters. The molecule has 0 unspecified atom stereocenters. The number of carbonyl (C=O) groups is 1. The summed E-state index contributed by atoms with van der Waals surface area (Å²) in [7, 11) is 0. The third-order valence-corrected chi connectivity index (χ3v) is 3.59. The number of aromatic nitrogens is 2. The van der Waals surface area contributed by atoms with Crippen LogP contribution in [0.2, 0.25) is 0 Å². The fourth-order valence-electron chi connectivity index (χ4n) is 2.53. The number of rotatable bonds is 3. The Morgan fingerprint density at radius 2 is 1.89 bits per heavy atom. The smallest absolute Gasteiger partial charge is 0.228 e. The first-order valence-corrected chi connectivity index (χ1v) is 6.75. The number of para-hydroxylation sites is 1. The fraction of sp³-hybridized carbons (Fsp3) is 0.333. The van der Waals surface area contributed by atoms with Crippen LogP contribution in [0.4, 0.5) is 5.82 Å². The van der Waals surface area contributed by atoms with E-state index in [2.05, 4.69) is 10.4 Å². The lowest BCUT2D eigenvalue weighted by atomic mass is 10.1. The molecular formula is C15H17N3O. The summed E-state index contributed by atoms with van der Waals surface area (Å²) in [4.78, 5) is 12.0. The molecule has 1 aromatic heterocycles. The summed E-state index contributed by atoms with van der Waals surface area (Å²) in [5, 5.41) is 7.28. The lowest BCUT2D eigenvalue weighted by Gasteiger charge is -2.07. The minimum Gasteiger partial charge on any atom is -0.309 e. The van der Waals surface area contributed by atoms with Crippen molar-refractivity contribution >= 4 is 11.7 Å². The van der Waals surface area contributed by atoms with Gasteiger partial charge >= 0.3 is 0 Å². The Balaban J connectivity index is 1.70. The lowest BCUT2D eigenvalue weighted by Crippen LogP contribution is -2.20. The van der Waals surface area contributed by atoms with E-state index in [-0.39, 0.29) is 11.8 Å². The predicted molar refractivity (Wildman–Crippen MR) is 74.2 cm³/mol. The number of carbonyl (C=O) groups excluding carboxylic acids is 1. The highest BCUT2D eigenvalue weighted by Gasteiger charge is 2.23. The second kappa shape index (κ2) is 5.26. The number of anilines is 1. The van der Waals surface area contributed by atoms with Gasteiger partial charge < -0.3 is 5.32 Å². The average molecular weight is 255 g/mol. The second-order valence-corrected chi connectivity index (χ2v) is 4.95. The topological polar surface area (TPSA) is 46.9 Å². The molecule has 1 N–H and O–H groups in total. The molecule has 0 radical (unpaired) electrons. The summed E-state index contributed by atoms with van der Waals surface area (Å²) in [6, 6.07) is 11.7. The molecule has 0 bridgehead atoms. The maximum Gasteiger partial charge on any atom is 0.228 e. The number of hydrogen-bond acceptors (Lipinski definition) is 2. The normalized spacial score (nSPS) is 15.6. The van der Waals surface area contributed by atoms with Crippen LogP contribution in [0.25, 0.3) is 5.69 Å². The highest BCUT2D eigenvalue weighted by molar-refractivity contribution is 5.91. The Kier molecular flexibility index (Phi) is 3.31. The summed E-state index contributed by atoms with van der Waals surface area (Å²) in [5.74, 6) is 0.901. The molecule has 1 aliphatic rings. The minimum atomic E-state index is 0.107. The van der Waals surface area contributed by atoms with Crippen molar-refractivity contribution in [2.45, 2.75) is 25.7 Å². The quantitative estimate of drug-likeness (QED) is 0.916. The molecule has 1 amide bonds. The van der Waals surface area contributed by atoms with Gasteiger partial charge in [-0.2, -0.15) is 5.10 Å². The molecule has 2 aromatic rings. The number of nitrogens with zero attached hydrogens (tertiary/aromatic N) is 2. The molecule has 1 aliphatic carbocycles. The first-order chi connectivity index (χ1) is 9.33. The first kappa shape index (κ1) is 12.0. The maximum absolute atomic E-state index is 12.0. The first-order valence-electron chi connectivity index (χ1n) is 6.75. The monoisotopic (exact) mass is 255 g/mol. The molecule has 0 saturated heterocycles. The van der Waals surface area contributed by atoms with E-state index in [9.17, 15) is 4.79 Å². The van der Waals surface area contributed by atoms with Gasteiger partial charge in [-0.05, 0) is 25.0 Å². The molecule has 0 aliphatic heterocycles. The number of hydrogen-bond donors (Lipinski definition) is 1. The Hall–Kier alpha value is -2.10. The Morgan fingerprint density at radius 1 is 1.16 bits per heavy atom. The van der Waals surface area contributed by atoms with Gasteiger partial charge in [0.1, 0.15) is 0 Å². The van der Waals surface area contributed by atoms with Crippen molar-refractivity contribution in [3.05, 3.63) is 42.6 Å². The van der Waals surface area contributed by atoms with E-state index < -0.39 is 0 Å². The van der Waals surface area contributed by atoms with Gasteiger partial charge in [-0.15, -0.1) is 0 Å². The molecule has 1 heterocycles. The van der Waals surface area contributed by atoms with Crippen LogP contribution in [0.3, 0.4) is 0 Å². The lowest BCUT2D eigenvalue weighted by molar-refractivity contribution is -0.119. The largest absolute Gasteiger partial charge is 0.309 e. The number of nitrogens with one attached hydrogen (secondary N) is 1. The third-order valence-electron chi connectivity index (χ3n) is 3.59. The number of benzene rings is 1. The van der Waals surface area contributed by atoms with Gasteiger partial charge in [-0.3, -0.25) is 4.79 Å². The van der Waals surface area contributed by atoms with Crippen molar-refractivity contribution in [1.82, 2.24) is 9.78 Å². The number of amides is 1. The van der Waals surface area contributed by atoms with Crippen LogP contribution in [0, 0.1) is 5.92 Å². The molecule has 0 spiro atoms. The highest BCUT2D eigenvalue weighted by Crippen LogP contribution is 2.25. The Labute approximate surface area is 112 Å². The van der Waals surface area contributed by atoms with E-state index >= 15 is 0 Å². The standard InChI is InChI=1S/C15H17N3O/c19-15(12-6-4-5-7-12)16-14-10-11-18(17-14)13-8-2-1-3-9-13/h1-3,8-12H,4-7H2,(H,16,17,19). The van der Waals surface area contributed by atoms with Crippen molar-refractivity contribution in [3.8, 4) is 5.69 Å². The zero-order chi connectivity index (χ0) is 13.1. The van der Waals surface area contributed by atoms with Gasteiger partial charge in [0.15, 0.2) is 5.82 Å². The maximum atomic E-state index is 12.0. The van der Waals surface area contributed by atoms with E-state index in [4.69, 9.17) is 0 Å². The molecule has 3 rings (SSSR count). The van der Waals surface area contributed by atoms with Crippen molar-refractivity contribution in [2.75, 3.05) is 5.32 Å². The fourth-order valence-corrected chi connectivity index (χ4v) is 2.53. The zero-order valence-corrected chi connectivity index (χ0v) is 10.7. The van der Waals surface area contributed by atoms with E-state index in [1.54, 1.807) is 4.68 Å². The SMILES string of the molecule is O=C(Nc1ccn(-c2ccccc2)n1)C1CCCC1. The van der Waals surface area contributed by atoms with Crippen LogP contribution in [-0.2, 0) is 4.79 Å². The molecule has 1 fully saturated rings. The van der Waals surface area contributed by atoms with E-state index in [0.29, 0.717) is 5.82 Å². The molecule has 19 heavy (non-hydrogen) atoms. The van der Waals surface area contributed by atoms with E-state index in [0.717, 1.165) is 31.4 Å². The summed E-state index contributed by atoms with van der Waals surface area (Å²) in [6.07, 6.45) is 6.20. The van der Waals surface area contributed by atoms with Crippen molar-refractivity contribution < 1.29 is 4.79 Å². The average Bonchev–Trinajstić information content (AvgIpc) is 3.11. The third kappa shape index (κ3) is 2.67. The molecule has 98 valence electrons.